The van der Waals surface area contributed by atoms with Crippen LogP contribution in [0.25, 0.3) is 21.8 Å². The van der Waals surface area contributed by atoms with E-state index in [2.05, 4.69) is 25.6 Å². The number of rotatable bonds is 5. The fraction of sp³-hybridized carbons (Fsp3) is 0. The van der Waals surface area contributed by atoms with E-state index >= 15 is 0 Å². The van der Waals surface area contributed by atoms with E-state index in [0.717, 1.165) is 10.8 Å². The summed E-state index contributed by atoms with van der Waals surface area (Å²) in [7, 11) is 0. The zero-order valence-electron chi connectivity index (χ0n) is 15.4. The number of benzene rings is 3. The van der Waals surface area contributed by atoms with Gasteiger partial charge in [0.1, 0.15) is 16.6 Å². The zero-order chi connectivity index (χ0) is 20.5. The van der Waals surface area contributed by atoms with Gasteiger partial charge in [-0.15, -0.1) is 5.10 Å². The Labute approximate surface area is 169 Å². The molecule has 2 aromatic heterocycles. The molecular formula is C21H14N6O3. The molecule has 0 spiro atoms. The van der Waals surface area contributed by atoms with E-state index in [1.807, 2.05) is 54.6 Å². The van der Waals surface area contributed by atoms with Gasteiger partial charge in [0.2, 0.25) is 0 Å². The third-order valence-corrected chi connectivity index (χ3v) is 4.50. The van der Waals surface area contributed by atoms with Crippen molar-refractivity contribution in [3.05, 3.63) is 78.5 Å². The number of carboxylic acid groups (broad SMARTS) is 1. The highest BCUT2D eigenvalue weighted by molar-refractivity contribution is 5.94. The maximum Gasteiger partial charge on any atom is 0.347 e. The molecule has 0 aliphatic carbocycles. The summed E-state index contributed by atoms with van der Waals surface area (Å²) in [6.45, 7) is 0. The Kier molecular flexibility index (Phi) is 4.18. The summed E-state index contributed by atoms with van der Waals surface area (Å²) in [5.41, 5.74) is 1.88. The quantitative estimate of drug-likeness (QED) is 0.461. The summed E-state index contributed by atoms with van der Waals surface area (Å²) in [5.74, 6) is -1.05. The van der Waals surface area contributed by atoms with Crippen molar-refractivity contribution in [3.63, 3.8) is 0 Å². The number of hydrogen-bond acceptors (Lipinski definition) is 7. The summed E-state index contributed by atoms with van der Waals surface area (Å²) >= 11 is 0. The Morgan fingerprint density at radius 1 is 1.00 bits per heavy atom. The number of nitrogens with one attached hydrogen (secondary N) is 1. The summed E-state index contributed by atoms with van der Waals surface area (Å²) < 4.78 is 0. The molecule has 0 atom stereocenters. The molecule has 5 aromatic rings. The third-order valence-electron chi connectivity index (χ3n) is 4.50. The van der Waals surface area contributed by atoms with Gasteiger partial charge in [-0.2, -0.15) is 4.98 Å². The fourth-order valence-corrected chi connectivity index (χ4v) is 3.06. The third kappa shape index (κ3) is 3.24. The van der Waals surface area contributed by atoms with Crippen molar-refractivity contribution in [2.75, 3.05) is 5.32 Å². The Morgan fingerprint density at radius 3 is 2.67 bits per heavy atom. The van der Waals surface area contributed by atoms with Crippen LogP contribution in [0.15, 0.2) is 72.9 Å². The molecule has 0 radical (unpaired) electrons. The lowest BCUT2D eigenvalue weighted by Crippen LogP contribution is -2.12. The van der Waals surface area contributed by atoms with Crippen LogP contribution in [-0.4, -0.2) is 36.2 Å². The Balaban J connectivity index is 1.50. The molecule has 2 N–H and O–H groups in total. The minimum Gasteiger partial charge on any atom is -0.477 e. The maximum atomic E-state index is 11.6. The predicted molar refractivity (Wildman–Crippen MR) is 110 cm³/mol. The number of anilines is 2. The van der Waals surface area contributed by atoms with Crippen molar-refractivity contribution in [1.82, 2.24) is 25.1 Å². The first-order valence-corrected chi connectivity index (χ1v) is 9.02. The highest BCUT2D eigenvalue weighted by Gasteiger charge is 2.16. The molecule has 3 aromatic carbocycles. The summed E-state index contributed by atoms with van der Waals surface area (Å²) in [5, 5.41) is 22.6. The van der Waals surface area contributed by atoms with Gasteiger partial charge in [-0.3, -0.25) is 0 Å². The number of carboxylic acids is 1. The monoisotopic (exact) mass is 398 g/mol. The van der Waals surface area contributed by atoms with Gasteiger partial charge >= 0.3 is 12.0 Å². The normalized spacial score (nSPS) is 10.9. The average molecular weight is 398 g/mol. The number of fused-ring (bicyclic) bond motifs is 2. The molecule has 30 heavy (non-hydrogen) atoms. The van der Waals surface area contributed by atoms with Gasteiger partial charge in [-0.25, -0.2) is 9.78 Å². The molecule has 9 heteroatoms. The molecule has 0 fully saturated rings. The van der Waals surface area contributed by atoms with Gasteiger partial charge in [0.15, 0.2) is 5.82 Å². The van der Waals surface area contributed by atoms with Crippen LogP contribution >= 0.6 is 0 Å². The number of aromatic nitrogens is 5. The zero-order valence-corrected chi connectivity index (χ0v) is 15.4. The van der Waals surface area contributed by atoms with E-state index in [0.29, 0.717) is 16.7 Å². The fourth-order valence-electron chi connectivity index (χ4n) is 3.06. The van der Waals surface area contributed by atoms with E-state index in [4.69, 9.17) is 4.84 Å². The van der Waals surface area contributed by atoms with E-state index in [1.165, 1.54) is 11.0 Å². The van der Waals surface area contributed by atoms with Gasteiger partial charge in [0, 0.05) is 5.69 Å². The number of hydrogen-bond donors (Lipinski definition) is 2. The van der Waals surface area contributed by atoms with Crippen LogP contribution in [0.2, 0.25) is 0 Å². The molecule has 9 nitrogen and oxygen atoms in total. The molecule has 0 unspecified atom stereocenters. The van der Waals surface area contributed by atoms with Gasteiger partial charge in [0.05, 0.1) is 6.20 Å². The second kappa shape index (κ2) is 7.13. The first-order valence-electron chi connectivity index (χ1n) is 9.02. The van der Waals surface area contributed by atoms with Crippen molar-refractivity contribution >= 4 is 39.3 Å². The van der Waals surface area contributed by atoms with E-state index < -0.39 is 5.97 Å². The van der Waals surface area contributed by atoms with E-state index in [9.17, 15) is 9.90 Å². The number of aromatic carboxylic acids is 1. The molecule has 0 amide bonds. The largest absolute Gasteiger partial charge is 0.477 e. The Morgan fingerprint density at radius 2 is 1.80 bits per heavy atom. The van der Waals surface area contributed by atoms with Crippen molar-refractivity contribution < 1.29 is 14.7 Å². The van der Waals surface area contributed by atoms with Crippen molar-refractivity contribution in [2.24, 2.45) is 0 Å². The van der Waals surface area contributed by atoms with Crippen LogP contribution in [0.3, 0.4) is 0 Å². The number of nitrogens with zero attached hydrogens (tertiary/aromatic N) is 5. The number of carbonyl (C=O) groups is 1. The van der Waals surface area contributed by atoms with Gasteiger partial charge in [0.25, 0.3) is 0 Å². The van der Waals surface area contributed by atoms with Crippen LogP contribution in [-0.2, 0) is 0 Å². The smallest absolute Gasteiger partial charge is 0.347 e. The van der Waals surface area contributed by atoms with E-state index in [1.54, 1.807) is 12.1 Å². The minimum atomic E-state index is -1.16. The summed E-state index contributed by atoms with van der Waals surface area (Å²) in [6.07, 6.45) is 1.19. The molecule has 0 aliphatic heterocycles. The van der Waals surface area contributed by atoms with Crippen molar-refractivity contribution in [2.45, 2.75) is 0 Å². The minimum absolute atomic E-state index is 0.0704. The lowest BCUT2D eigenvalue weighted by Gasteiger charge is -2.11. The second-order valence-corrected chi connectivity index (χ2v) is 6.45. The maximum absolute atomic E-state index is 11.6. The SMILES string of the molecule is O=C(O)c1cnc(On2nnc3ccccc32)nc1Nc1ccc2ccccc2c1. The van der Waals surface area contributed by atoms with Crippen LogP contribution in [0.4, 0.5) is 11.5 Å². The van der Waals surface area contributed by atoms with Crippen molar-refractivity contribution in [3.8, 4) is 6.01 Å². The van der Waals surface area contributed by atoms with Gasteiger partial charge in [-0.1, -0.05) is 47.3 Å². The number of para-hydroxylation sites is 1. The summed E-state index contributed by atoms with van der Waals surface area (Å²) in [6, 6.07) is 20.8. The molecule has 2 heterocycles. The molecule has 5 rings (SSSR count). The van der Waals surface area contributed by atoms with Crippen LogP contribution < -0.4 is 10.2 Å². The molecule has 0 saturated carbocycles. The van der Waals surface area contributed by atoms with Crippen LogP contribution in [0.5, 0.6) is 6.01 Å². The van der Waals surface area contributed by atoms with Gasteiger partial charge < -0.3 is 15.3 Å². The Bertz CT molecular complexity index is 1400. The predicted octanol–water partition coefficient (Wildman–Crippen LogP) is 3.66. The highest BCUT2D eigenvalue weighted by Crippen LogP contribution is 2.24. The first kappa shape index (κ1) is 17.6. The molecule has 0 bridgehead atoms. The molecule has 0 aliphatic rings. The van der Waals surface area contributed by atoms with E-state index in [-0.39, 0.29) is 17.4 Å². The topological polar surface area (TPSA) is 115 Å². The summed E-state index contributed by atoms with van der Waals surface area (Å²) in [4.78, 5) is 26.7. The standard InChI is InChI=1S/C21H14N6O3/c28-20(29)16-12-22-21(30-27-18-8-4-3-7-17(18)25-26-27)24-19(16)23-15-10-9-13-5-1-2-6-14(13)11-15/h1-12H,(H,28,29)(H,22,23,24). The highest BCUT2D eigenvalue weighted by atomic mass is 16.7. The molecule has 146 valence electrons. The molecule has 0 saturated heterocycles. The van der Waals surface area contributed by atoms with Crippen LogP contribution in [0.1, 0.15) is 10.4 Å². The lowest BCUT2D eigenvalue weighted by molar-refractivity contribution is 0.0696. The second-order valence-electron chi connectivity index (χ2n) is 6.45. The van der Waals surface area contributed by atoms with Crippen molar-refractivity contribution in [1.29, 1.82) is 0 Å². The first-order chi connectivity index (χ1) is 14.7. The van der Waals surface area contributed by atoms with Gasteiger partial charge in [-0.05, 0) is 40.3 Å². The lowest BCUT2D eigenvalue weighted by atomic mass is 10.1. The molecular weight excluding hydrogens is 384 g/mol. The Hall–Kier alpha value is -4.53. The average Bonchev–Trinajstić information content (AvgIpc) is 3.16. The van der Waals surface area contributed by atoms with Crippen LogP contribution in [0, 0.1) is 0 Å².